The molecule has 1 aromatic carbocycles. The Kier molecular flexibility index (Phi) is 6.36. The maximum atomic E-state index is 12.0. The highest BCUT2D eigenvalue weighted by molar-refractivity contribution is 9.10. The van der Waals surface area contributed by atoms with Crippen molar-refractivity contribution < 1.29 is 14.4 Å². The predicted octanol–water partition coefficient (Wildman–Crippen LogP) is 1.92. The van der Waals surface area contributed by atoms with Gasteiger partial charge in [0.15, 0.2) is 0 Å². The Labute approximate surface area is 117 Å². The minimum Gasteiger partial charge on any atom is -0.453 e. The third kappa shape index (κ3) is 4.42. The number of hydrogen-bond donors (Lipinski definition) is 1. The zero-order chi connectivity index (χ0) is 13.5. The summed E-state index contributed by atoms with van der Waals surface area (Å²) < 4.78 is 6.24. The molecule has 4 heteroatoms. The second-order valence-electron chi connectivity index (χ2n) is 4.36. The number of rotatable bonds is 6. The van der Waals surface area contributed by atoms with Gasteiger partial charge in [0.2, 0.25) is 0 Å². The van der Waals surface area contributed by atoms with Crippen molar-refractivity contribution in [3.05, 3.63) is 34.3 Å². The number of likely N-dealkylation sites (N-methyl/N-ethyl adjacent to an activating group) is 1. The first-order valence-corrected chi connectivity index (χ1v) is 7.16. The van der Waals surface area contributed by atoms with Crippen molar-refractivity contribution in [1.82, 2.24) is 0 Å². The van der Waals surface area contributed by atoms with Crippen LogP contribution >= 0.6 is 15.9 Å². The molecule has 0 amide bonds. The lowest BCUT2D eigenvalue weighted by Crippen LogP contribution is -3.12. The molecule has 1 atom stereocenters. The zero-order valence-electron chi connectivity index (χ0n) is 11.2. The van der Waals surface area contributed by atoms with Crippen molar-refractivity contribution in [2.24, 2.45) is 0 Å². The summed E-state index contributed by atoms with van der Waals surface area (Å²) in [6.45, 7) is 9.17. The van der Waals surface area contributed by atoms with Gasteiger partial charge in [0.1, 0.15) is 12.6 Å². The summed E-state index contributed by atoms with van der Waals surface area (Å²) in [5.74, 6) is -0.262. The molecule has 0 fully saturated rings. The Morgan fingerprint density at radius 1 is 1.33 bits per heavy atom. The van der Waals surface area contributed by atoms with Crippen LogP contribution in [0, 0.1) is 0 Å². The maximum Gasteiger partial charge on any atom is 0.339 e. The molecule has 0 saturated carbocycles. The maximum absolute atomic E-state index is 12.0. The average molecular weight is 315 g/mol. The minimum atomic E-state index is -0.262. The predicted molar refractivity (Wildman–Crippen MR) is 75.9 cm³/mol. The normalized spacial score (nSPS) is 12.5. The second-order valence-corrected chi connectivity index (χ2v) is 5.21. The quantitative estimate of drug-likeness (QED) is 0.813. The van der Waals surface area contributed by atoms with Crippen LogP contribution in [0.5, 0.6) is 0 Å². The summed E-state index contributed by atoms with van der Waals surface area (Å²) >= 11 is 3.36. The molecular formula is C14H21BrNO2+. The molecule has 100 valence electrons. The molecular weight excluding hydrogens is 294 g/mol. The van der Waals surface area contributed by atoms with E-state index < -0.39 is 0 Å². The Morgan fingerprint density at radius 2 is 1.94 bits per heavy atom. The molecule has 0 unspecified atom stereocenters. The van der Waals surface area contributed by atoms with Gasteiger partial charge in [-0.15, -0.1) is 0 Å². The lowest BCUT2D eigenvalue weighted by atomic mass is 10.2. The van der Waals surface area contributed by atoms with Crippen LogP contribution in [0.1, 0.15) is 31.1 Å². The molecule has 1 rings (SSSR count). The summed E-state index contributed by atoms with van der Waals surface area (Å²) in [5.41, 5.74) is 0.582. The lowest BCUT2D eigenvalue weighted by Gasteiger charge is -2.20. The van der Waals surface area contributed by atoms with Crippen molar-refractivity contribution >= 4 is 21.9 Å². The molecule has 1 N–H and O–H groups in total. The molecule has 0 radical (unpaired) electrons. The van der Waals surface area contributed by atoms with Gasteiger partial charge in [-0.2, -0.15) is 0 Å². The fourth-order valence-corrected chi connectivity index (χ4v) is 2.31. The van der Waals surface area contributed by atoms with E-state index in [0.29, 0.717) is 5.56 Å². The van der Waals surface area contributed by atoms with Gasteiger partial charge in [-0.25, -0.2) is 4.79 Å². The molecule has 0 aliphatic carbocycles. The van der Waals surface area contributed by atoms with E-state index in [1.807, 2.05) is 25.1 Å². The summed E-state index contributed by atoms with van der Waals surface area (Å²) in [5, 5.41) is 0. The SMILES string of the molecule is CC[NH+](CC)C[C@@H](C)OC(=O)c1ccccc1Br. The van der Waals surface area contributed by atoms with Gasteiger partial charge < -0.3 is 9.64 Å². The Hall–Kier alpha value is -0.870. The van der Waals surface area contributed by atoms with Gasteiger partial charge in [-0.1, -0.05) is 12.1 Å². The van der Waals surface area contributed by atoms with Crippen LogP contribution in [0.4, 0.5) is 0 Å². The third-order valence-corrected chi connectivity index (χ3v) is 3.67. The number of benzene rings is 1. The minimum absolute atomic E-state index is 0.0699. The van der Waals surface area contributed by atoms with Gasteiger partial charge in [0.25, 0.3) is 0 Å². The Bertz CT molecular complexity index is 391. The van der Waals surface area contributed by atoms with Crippen molar-refractivity contribution in [1.29, 1.82) is 0 Å². The average Bonchev–Trinajstić information content (AvgIpc) is 2.36. The second kappa shape index (κ2) is 7.54. The van der Waals surface area contributed by atoms with Crippen LogP contribution in [-0.2, 0) is 4.74 Å². The first-order chi connectivity index (χ1) is 8.58. The van der Waals surface area contributed by atoms with E-state index in [4.69, 9.17) is 4.74 Å². The largest absolute Gasteiger partial charge is 0.453 e. The topological polar surface area (TPSA) is 30.7 Å². The van der Waals surface area contributed by atoms with Crippen LogP contribution in [-0.4, -0.2) is 31.7 Å². The van der Waals surface area contributed by atoms with Crippen molar-refractivity contribution in [2.75, 3.05) is 19.6 Å². The van der Waals surface area contributed by atoms with E-state index in [-0.39, 0.29) is 12.1 Å². The van der Waals surface area contributed by atoms with Gasteiger partial charge in [0.05, 0.1) is 18.7 Å². The van der Waals surface area contributed by atoms with Gasteiger partial charge in [-0.3, -0.25) is 0 Å². The molecule has 0 bridgehead atoms. The molecule has 18 heavy (non-hydrogen) atoms. The van der Waals surface area contributed by atoms with E-state index in [1.165, 1.54) is 4.90 Å². The monoisotopic (exact) mass is 314 g/mol. The van der Waals surface area contributed by atoms with Crippen LogP contribution < -0.4 is 4.90 Å². The summed E-state index contributed by atoms with van der Waals surface area (Å²) in [6.07, 6.45) is -0.0699. The van der Waals surface area contributed by atoms with E-state index in [1.54, 1.807) is 6.07 Å². The first-order valence-electron chi connectivity index (χ1n) is 6.37. The van der Waals surface area contributed by atoms with Gasteiger partial charge >= 0.3 is 5.97 Å². The Morgan fingerprint density at radius 3 is 2.50 bits per heavy atom. The number of ether oxygens (including phenoxy) is 1. The molecule has 0 aliphatic rings. The number of carbonyl (C=O) groups excluding carboxylic acids is 1. The molecule has 0 aromatic heterocycles. The molecule has 0 saturated heterocycles. The van der Waals surface area contributed by atoms with Crippen molar-refractivity contribution in [3.8, 4) is 0 Å². The number of hydrogen-bond acceptors (Lipinski definition) is 2. The van der Waals surface area contributed by atoms with Crippen LogP contribution in [0.3, 0.4) is 0 Å². The highest BCUT2D eigenvalue weighted by Gasteiger charge is 2.17. The van der Waals surface area contributed by atoms with E-state index in [9.17, 15) is 4.79 Å². The smallest absolute Gasteiger partial charge is 0.339 e. The molecule has 0 heterocycles. The number of esters is 1. The molecule has 0 spiro atoms. The van der Waals surface area contributed by atoms with Crippen LogP contribution in [0.2, 0.25) is 0 Å². The zero-order valence-corrected chi connectivity index (χ0v) is 12.8. The Balaban J connectivity index is 2.57. The lowest BCUT2D eigenvalue weighted by molar-refractivity contribution is -0.899. The first kappa shape index (κ1) is 15.2. The van der Waals surface area contributed by atoms with E-state index >= 15 is 0 Å². The number of carbonyl (C=O) groups is 1. The fraction of sp³-hybridized carbons (Fsp3) is 0.500. The summed E-state index contributed by atoms with van der Waals surface area (Å²) in [7, 11) is 0. The van der Waals surface area contributed by atoms with E-state index in [0.717, 1.165) is 24.1 Å². The standard InChI is InChI=1S/C14H20BrNO2/c1-4-16(5-2)10-11(3)18-14(17)12-8-6-7-9-13(12)15/h6-9,11H,4-5,10H2,1-3H3/p+1/t11-/m1/s1. The van der Waals surface area contributed by atoms with Crippen molar-refractivity contribution in [2.45, 2.75) is 26.9 Å². The highest BCUT2D eigenvalue weighted by Crippen LogP contribution is 2.17. The number of halogens is 1. The highest BCUT2D eigenvalue weighted by atomic mass is 79.9. The third-order valence-electron chi connectivity index (χ3n) is 2.98. The van der Waals surface area contributed by atoms with Crippen LogP contribution in [0.15, 0.2) is 28.7 Å². The number of nitrogens with one attached hydrogen (secondary N) is 1. The van der Waals surface area contributed by atoms with Crippen LogP contribution in [0.25, 0.3) is 0 Å². The summed E-state index contributed by atoms with van der Waals surface area (Å²) in [6, 6.07) is 7.33. The molecule has 3 nitrogen and oxygen atoms in total. The van der Waals surface area contributed by atoms with E-state index in [2.05, 4.69) is 29.8 Å². The van der Waals surface area contributed by atoms with Gasteiger partial charge in [-0.05, 0) is 48.8 Å². The molecule has 0 aliphatic heterocycles. The summed E-state index contributed by atoms with van der Waals surface area (Å²) in [4.78, 5) is 13.4. The van der Waals surface area contributed by atoms with Gasteiger partial charge in [0, 0.05) is 4.47 Å². The fourth-order valence-electron chi connectivity index (χ4n) is 1.86. The number of quaternary nitrogens is 1. The molecule has 1 aromatic rings. The van der Waals surface area contributed by atoms with Crippen molar-refractivity contribution in [3.63, 3.8) is 0 Å².